The van der Waals surface area contributed by atoms with Gasteiger partial charge < -0.3 is 0 Å². The molecule has 0 unspecified atom stereocenters. The monoisotopic (exact) mass is 188 g/mol. The Labute approximate surface area is 88.6 Å². The number of hydrogen-bond donors (Lipinski definition) is 0. The quantitative estimate of drug-likeness (QED) is 0.498. The molecule has 0 bridgehead atoms. The van der Waals surface area contributed by atoms with E-state index in [1.54, 1.807) is 11.1 Å². The van der Waals surface area contributed by atoms with E-state index >= 15 is 0 Å². The lowest BCUT2D eigenvalue weighted by Crippen LogP contribution is -2.26. The predicted octanol–water partition coefficient (Wildman–Crippen LogP) is 4.26. The Bertz CT molecular complexity index is 278. The van der Waals surface area contributed by atoms with Crippen LogP contribution in [-0.4, -0.2) is 6.71 Å². The fourth-order valence-corrected chi connectivity index (χ4v) is 2.59. The molecule has 0 fully saturated rings. The average Bonchev–Trinajstić information content (AvgIpc) is 2.16. The standard InChI is InChI=1S/C13H21B/c1-13(2,3)14-9-8-11-6-4-5-7-12(11)10-14/h8-9H,4-7,10H2,1-3H3. The van der Waals surface area contributed by atoms with Gasteiger partial charge in [-0.15, -0.1) is 5.98 Å². The van der Waals surface area contributed by atoms with Gasteiger partial charge in [0.05, 0.1) is 0 Å². The van der Waals surface area contributed by atoms with E-state index < -0.39 is 0 Å². The third kappa shape index (κ3) is 1.97. The van der Waals surface area contributed by atoms with Crippen molar-refractivity contribution < 1.29 is 0 Å². The third-order valence-electron chi connectivity index (χ3n) is 3.74. The number of allylic oxidation sites excluding steroid dienone is 3. The van der Waals surface area contributed by atoms with E-state index in [1.165, 1.54) is 32.0 Å². The molecule has 1 heterocycles. The Morgan fingerprint density at radius 2 is 1.86 bits per heavy atom. The van der Waals surface area contributed by atoms with Crippen molar-refractivity contribution in [3.63, 3.8) is 0 Å². The lowest BCUT2D eigenvalue weighted by Gasteiger charge is -2.31. The zero-order valence-electron chi connectivity index (χ0n) is 9.77. The molecule has 0 aromatic heterocycles. The minimum atomic E-state index is 0.437. The fourth-order valence-electron chi connectivity index (χ4n) is 2.59. The summed E-state index contributed by atoms with van der Waals surface area (Å²) in [5.41, 5.74) is 3.43. The summed E-state index contributed by atoms with van der Waals surface area (Å²) in [6.07, 6.45) is 9.27. The van der Waals surface area contributed by atoms with Crippen LogP contribution in [0, 0.1) is 0 Å². The second-order valence-corrected chi connectivity index (χ2v) is 5.87. The van der Waals surface area contributed by atoms with Crippen molar-refractivity contribution >= 4 is 6.71 Å². The van der Waals surface area contributed by atoms with Crippen LogP contribution in [0.1, 0.15) is 46.5 Å². The maximum atomic E-state index is 2.45. The summed E-state index contributed by atoms with van der Waals surface area (Å²) >= 11 is 0. The maximum absolute atomic E-state index is 2.45. The highest BCUT2D eigenvalue weighted by Crippen LogP contribution is 2.39. The van der Waals surface area contributed by atoms with Crippen LogP contribution >= 0.6 is 0 Å². The zero-order chi connectivity index (χ0) is 10.2. The molecule has 1 heteroatoms. The van der Waals surface area contributed by atoms with Gasteiger partial charge in [-0.3, -0.25) is 0 Å². The van der Waals surface area contributed by atoms with Crippen molar-refractivity contribution in [3.05, 3.63) is 23.2 Å². The van der Waals surface area contributed by atoms with Gasteiger partial charge in [-0.25, -0.2) is 0 Å². The summed E-state index contributed by atoms with van der Waals surface area (Å²) in [7, 11) is 0. The smallest absolute Gasteiger partial charge is 0.114 e. The summed E-state index contributed by atoms with van der Waals surface area (Å²) < 4.78 is 0. The summed E-state index contributed by atoms with van der Waals surface area (Å²) in [5.74, 6) is 2.45. The van der Waals surface area contributed by atoms with Crippen molar-refractivity contribution in [1.29, 1.82) is 0 Å². The molecule has 1 aliphatic heterocycles. The second-order valence-electron chi connectivity index (χ2n) is 5.87. The van der Waals surface area contributed by atoms with Crippen molar-refractivity contribution in [2.24, 2.45) is 0 Å². The van der Waals surface area contributed by atoms with Crippen LogP contribution in [0.25, 0.3) is 0 Å². The molecule has 76 valence electrons. The van der Waals surface area contributed by atoms with E-state index in [0.29, 0.717) is 5.31 Å². The second kappa shape index (κ2) is 3.60. The molecular formula is C13H21B. The van der Waals surface area contributed by atoms with Gasteiger partial charge in [0.15, 0.2) is 6.71 Å². The van der Waals surface area contributed by atoms with Gasteiger partial charge in [-0.1, -0.05) is 43.3 Å². The normalized spacial score (nSPS) is 22.6. The van der Waals surface area contributed by atoms with E-state index in [1.807, 2.05) is 0 Å². The zero-order valence-corrected chi connectivity index (χ0v) is 9.77. The predicted molar refractivity (Wildman–Crippen MR) is 64.9 cm³/mol. The van der Waals surface area contributed by atoms with Gasteiger partial charge in [0.1, 0.15) is 0 Å². The molecule has 1 aliphatic carbocycles. The first-order valence-electron chi connectivity index (χ1n) is 5.96. The molecule has 0 radical (unpaired) electrons. The molecule has 0 amide bonds. The summed E-state index contributed by atoms with van der Waals surface area (Å²) in [5, 5.41) is 0.437. The van der Waals surface area contributed by atoms with Crippen molar-refractivity contribution in [1.82, 2.24) is 0 Å². The first kappa shape index (κ1) is 10.1. The van der Waals surface area contributed by atoms with Crippen LogP contribution in [0.15, 0.2) is 23.2 Å². The molecule has 0 atom stereocenters. The van der Waals surface area contributed by atoms with E-state index in [2.05, 4.69) is 32.8 Å². The molecule has 0 aromatic rings. The van der Waals surface area contributed by atoms with Gasteiger partial charge >= 0.3 is 0 Å². The lowest BCUT2D eigenvalue weighted by molar-refractivity contribution is 0.672. The highest BCUT2D eigenvalue weighted by atomic mass is 14.2. The molecule has 0 N–H and O–H groups in total. The van der Waals surface area contributed by atoms with E-state index in [4.69, 9.17) is 0 Å². The van der Waals surface area contributed by atoms with Crippen LogP contribution in [0.2, 0.25) is 11.6 Å². The minimum absolute atomic E-state index is 0.437. The molecule has 2 aliphatic rings. The molecule has 0 spiro atoms. The third-order valence-corrected chi connectivity index (χ3v) is 3.74. The highest BCUT2D eigenvalue weighted by molar-refractivity contribution is 6.68. The Morgan fingerprint density at radius 3 is 2.57 bits per heavy atom. The fraction of sp³-hybridized carbons (Fsp3) is 0.692. The minimum Gasteiger partial charge on any atom is -0.114 e. The van der Waals surface area contributed by atoms with Crippen molar-refractivity contribution in [2.45, 2.75) is 58.1 Å². The average molecular weight is 188 g/mol. The molecule has 0 aromatic carbocycles. The molecule has 14 heavy (non-hydrogen) atoms. The van der Waals surface area contributed by atoms with Gasteiger partial charge in [0, 0.05) is 0 Å². The number of hydrogen-bond acceptors (Lipinski definition) is 0. The van der Waals surface area contributed by atoms with Gasteiger partial charge in [-0.05, 0) is 32.0 Å². The van der Waals surface area contributed by atoms with E-state index in [-0.39, 0.29) is 0 Å². The molecule has 0 saturated heterocycles. The van der Waals surface area contributed by atoms with Crippen LogP contribution in [-0.2, 0) is 0 Å². The van der Waals surface area contributed by atoms with Crippen LogP contribution in [0.3, 0.4) is 0 Å². The van der Waals surface area contributed by atoms with E-state index in [9.17, 15) is 0 Å². The molecule has 0 saturated carbocycles. The largest absolute Gasteiger partial charge is 0.176 e. The SMILES string of the molecule is CC(C)(C)B1C=CC2=C(CCCC2)C1. The lowest BCUT2D eigenvalue weighted by atomic mass is 9.31. The van der Waals surface area contributed by atoms with Gasteiger partial charge in [0.2, 0.25) is 0 Å². The molecule has 2 rings (SSSR count). The first-order chi connectivity index (χ1) is 6.57. The Morgan fingerprint density at radius 1 is 1.14 bits per heavy atom. The highest BCUT2D eigenvalue weighted by Gasteiger charge is 2.30. The van der Waals surface area contributed by atoms with Crippen LogP contribution < -0.4 is 0 Å². The van der Waals surface area contributed by atoms with Crippen LogP contribution in [0.4, 0.5) is 0 Å². The number of rotatable bonds is 0. The summed E-state index contributed by atoms with van der Waals surface area (Å²) in [6, 6.07) is 0. The first-order valence-corrected chi connectivity index (χ1v) is 5.96. The van der Waals surface area contributed by atoms with E-state index in [0.717, 1.165) is 6.71 Å². The topological polar surface area (TPSA) is 0 Å². The van der Waals surface area contributed by atoms with Crippen molar-refractivity contribution in [2.75, 3.05) is 0 Å². The van der Waals surface area contributed by atoms with Crippen molar-refractivity contribution in [3.8, 4) is 0 Å². The molecular weight excluding hydrogens is 167 g/mol. The molecule has 0 nitrogen and oxygen atoms in total. The maximum Gasteiger partial charge on any atom is 0.176 e. The summed E-state index contributed by atoms with van der Waals surface area (Å²) in [4.78, 5) is 0. The van der Waals surface area contributed by atoms with Gasteiger partial charge in [-0.2, -0.15) is 0 Å². The summed E-state index contributed by atoms with van der Waals surface area (Å²) in [6.45, 7) is 7.84. The Hall–Kier alpha value is -0.455. The van der Waals surface area contributed by atoms with Crippen LogP contribution in [0.5, 0.6) is 0 Å². The Balaban J connectivity index is 2.14. The Kier molecular flexibility index (Phi) is 2.59. The van der Waals surface area contributed by atoms with Gasteiger partial charge in [0.25, 0.3) is 0 Å².